The first-order valence-electron chi connectivity index (χ1n) is 4.10. The van der Waals surface area contributed by atoms with Crippen molar-refractivity contribution >= 4 is 17.3 Å². The van der Waals surface area contributed by atoms with E-state index < -0.39 is 0 Å². The molecule has 0 fully saturated rings. The molecule has 64 valence electrons. The molecule has 1 aliphatic rings. The van der Waals surface area contributed by atoms with Gasteiger partial charge >= 0.3 is 0 Å². The molecule has 1 heterocycles. The van der Waals surface area contributed by atoms with Crippen LogP contribution in [0.5, 0.6) is 0 Å². The number of halogens is 1. The summed E-state index contributed by atoms with van der Waals surface area (Å²) in [6, 6.07) is 5.99. The number of nitrogens with one attached hydrogen (secondary N) is 2. The van der Waals surface area contributed by atoms with Crippen molar-refractivity contribution in [2.24, 2.45) is 0 Å². The first-order valence-corrected chi connectivity index (χ1v) is 4.48. The van der Waals surface area contributed by atoms with E-state index in [1.54, 1.807) is 0 Å². The van der Waals surface area contributed by atoms with E-state index in [2.05, 4.69) is 16.7 Å². The highest BCUT2D eigenvalue weighted by molar-refractivity contribution is 6.33. The van der Waals surface area contributed by atoms with E-state index in [0.29, 0.717) is 0 Å². The first-order chi connectivity index (χ1) is 5.88. The van der Waals surface area contributed by atoms with Crippen LogP contribution in [-0.2, 0) is 6.54 Å². The largest absolute Gasteiger partial charge is 0.382 e. The lowest BCUT2D eigenvalue weighted by molar-refractivity contribution is 0.725. The van der Waals surface area contributed by atoms with Gasteiger partial charge in [-0.1, -0.05) is 23.7 Å². The molecular formula is C9H11ClN2. The van der Waals surface area contributed by atoms with Crippen LogP contribution in [0.3, 0.4) is 0 Å². The molecule has 2 N–H and O–H groups in total. The van der Waals surface area contributed by atoms with E-state index in [0.717, 1.165) is 30.3 Å². The highest BCUT2D eigenvalue weighted by Gasteiger charge is 2.08. The second kappa shape index (κ2) is 3.33. The lowest BCUT2D eigenvalue weighted by Crippen LogP contribution is -2.16. The minimum absolute atomic E-state index is 0.816. The molecule has 0 aromatic heterocycles. The fraction of sp³-hybridized carbons (Fsp3) is 0.333. The number of hydrogen-bond acceptors (Lipinski definition) is 2. The standard InChI is InChI=1S/C9H11ClN2/c10-8-3-1-2-7-6-11-4-5-12-9(7)8/h1-3,11-12H,4-6H2. The van der Waals surface area contributed by atoms with Crippen molar-refractivity contribution in [3.63, 3.8) is 0 Å². The van der Waals surface area contributed by atoms with Gasteiger partial charge in [0.05, 0.1) is 10.7 Å². The van der Waals surface area contributed by atoms with Gasteiger partial charge in [-0.3, -0.25) is 0 Å². The zero-order valence-electron chi connectivity index (χ0n) is 6.73. The third-order valence-electron chi connectivity index (χ3n) is 2.02. The summed E-state index contributed by atoms with van der Waals surface area (Å²) in [6.45, 7) is 2.84. The summed E-state index contributed by atoms with van der Waals surface area (Å²) in [5.74, 6) is 0. The van der Waals surface area contributed by atoms with E-state index >= 15 is 0 Å². The van der Waals surface area contributed by atoms with E-state index in [1.165, 1.54) is 5.56 Å². The van der Waals surface area contributed by atoms with Gasteiger partial charge in [-0.15, -0.1) is 0 Å². The fourth-order valence-corrected chi connectivity index (χ4v) is 1.67. The number of benzene rings is 1. The van der Waals surface area contributed by atoms with Crippen LogP contribution in [0.25, 0.3) is 0 Å². The van der Waals surface area contributed by atoms with Crippen LogP contribution in [0, 0.1) is 0 Å². The number of anilines is 1. The van der Waals surface area contributed by atoms with Gasteiger partial charge in [-0.05, 0) is 11.6 Å². The Bertz CT molecular complexity index is 286. The molecule has 2 nitrogen and oxygen atoms in total. The highest BCUT2D eigenvalue weighted by atomic mass is 35.5. The Hall–Kier alpha value is -0.730. The van der Waals surface area contributed by atoms with E-state index in [1.807, 2.05) is 12.1 Å². The zero-order valence-corrected chi connectivity index (χ0v) is 7.49. The van der Waals surface area contributed by atoms with Crippen molar-refractivity contribution in [3.05, 3.63) is 28.8 Å². The molecule has 0 atom stereocenters. The number of para-hydroxylation sites is 1. The Morgan fingerprint density at radius 3 is 3.08 bits per heavy atom. The van der Waals surface area contributed by atoms with Gasteiger partial charge in [0, 0.05) is 19.6 Å². The summed E-state index contributed by atoms with van der Waals surface area (Å²) >= 11 is 6.02. The van der Waals surface area contributed by atoms with Crippen LogP contribution in [0.1, 0.15) is 5.56 Å². The van der Waals surface area contributed by atoms with Gasteiger partial charge in [0.2, 0.25) is 0 Å². The molecule has 0 spiro atoms. The van der Waals surface area contributed by atoms with Crippen molar-refractivity contribution < 1.29 is 0 Å². The van der Waals surface area contributed by atoms with Crippen molar-refractivity contribution in [1.29, 1.82) is 0 Å². The normalized spacial score (nSPS) is 16.1. The third-order valence-corrected chi connectivity index (χ3v) is 2.33. The topological polar surface area (TPSA) is 24.1 Å². The molecule has 12 heavy (non-hydrogen) atoms. The molecule has 0 amide bonds. The summed E-state index contributed by atoms with van der Waals surface area (Å²) in [5.41, 5.74) is 2.34. The Morgan fingerprint density at radius 2 is 2.17 bits per heavy atom. The van der Waals surface area contributed by atoms with Crippen molar-refractivity contribution in [1.82, 2.24) is 5.32 Å². The Balaban J connectivity index is 2.42. The van der Waals surface area contributed by atoms with Gasteiger partial charge in [-0.25, -0.2) is 0 Å². The zero-order chi connectivity index (χ0) is 8.39. The maximum Gasteiger partial charge on any atom is 0.0640 e. The lowest BCUT2D eigenvalue weighted by atomic mass is 10.2. The van der Waals surface area contributed by atoms with Gasteiger partial charge in [0.1, 0.15) is 0 Å². The van der Waals surface area contributed by atoms with Crippen LogP contribution >= 0.6 is 11.6 Å². The smallest absolute Gasteiger partial charge is 0.0640 e. The molecule has 2 rings (SSSR count). The number of rotatable bonds is 0. The summed E-state index contributed by atoms with van der Waals surface area (Å²) in [4.78, 5) is 0. The molecule has 0 saturated heterocycles. The summed E-state index contributed by atoms with van der Waals surface area (Å²) in [5, 5.41) is 7.42. The lowest BCUT2D eigenvalue weighted by Gasteiger charge is -2.07. The Morgan fingerprint density at radius 1 is 1.25 bits per heavy atom. The second-order valence-electron chi connectivity index (χ2n) is 2.88. The van der Waals surface area contributed by atoms with E-state index in [9.17, 15) is 0 Å². The van der Waals surface area contributed by atoms with Crippen molar-refractivity contribution in [2.75, 3.05) is 18.4 Å². The molecule has 0 unspecified atom stereocenters. The molecule has 1 aromatic carbocycles. The molecule has 1 aromatic rings. The van der Waals surface area contributed by atoms with Crippen molar-refractivity contribution in [2.45, 2.75) is 6.54 Å². The first kappa shape index (κ1) is 7.90. The van der Waals surface area contributed by atoms with E-state index in [-0.39, 0.29) is 0 Å². The minimum Gasteiger partial charge on any atom is -0.382 e. The van der Waals surface area contributed by atoms with Gasteiger partial charge in [0.15, 0.2) is 0 Å². The molecule has 1 aliphatic heterocycles. The van der Waals surface area contributed by atoms with Crippen LogP contribution in [0.4, 0.5) is 5.69 Å². The molecule has 0 bridgehead atoms. The molecular weight excluding hydrogens is 172 g/mol. The van der Waals surface area contributed by atoms with Gasteiger partial charge < -0.3 is 10.6 Å². The minimum atomic E-state index is 0.816. The average Bonchev–Trinajstić information content (AvgIpc) is 2.30. The van der Waals surface area contributed by atoms with Crippen molar-refractivity contribution in [3.8, 4) is 0 Å². The predicted octanol–water partition coefficient (Wildman–Crippen LogP) is 1.86. The maximum absolute atomic E-state index is 6.02. The quantitative estimate of drug-likeness (QED) is 0.640. The number of hydrogen-bond donors (Lipinski definition) is 2. The molecule has 0 radical (unpaired) electrons. The molecule has 3 heteroatoms. The summed E-state index contributed by atoms with van der Waals surface area (Å²) in [6.07, 6.45) is 0. The number of fused-ring (bicyclic) bond motifs is 1. The monoisotopic (exact) mass is 182 g/mol. The Labute approximate surface area is 76.9 Å². The van der Waals surface area contributed by atoms with Crippen LogP contribution in [0.2, 0.25) is 5.02 Å². The van der Waals surface area contributed by atoms with Crippen LogP contribution in [0.15, 0.2) is 18.2 Å². The van der Waals surface area contributed by atoms with Gasteiger partial charge in [0.25, 0.3) is 0 Å². The maximum atomic E-state index is 6.02. The van der Waals surface area contributed by atoms with E-state index in [4.69, 9.17) is 11.6 Å². The summed E-state index contributed by atoms with van der Waals surface area (Å²) in [7, 11) is 0. The predicted molar refractivity (Wildman–Crippen MR) is 51.6 cm³/mol. The summed E-state index contributed by atoms with van der Waals surface area (Å²) < 4.78 is 0. The fourth-order valence-electron chi connectivity index (χ4n) is 1.41. The van der Waals surface area contributed by atoms with Gasteiger partial charge in [-0.2, -0.15) is 0 Å². The molecule has 0 saturated carbocycles. The second-order valence-corrected chi connectivity index (χ2v) is 3.28. The third kappa shape index (κ3) is 1.40. The molecule has 0 aliphatic carbocycles. The SMILES string of the molecule is Clc1cccc2c1NCCNC2. The average molecular weight is 183 g/mol. The van der Waals surface area contributed by atoms with Crippen LogP contribution in [-0.4, -0.2) is 13.1 Å². The van der Waals surface area contributed by atoms with Crippen LogP contribution < -0.4 is 10.6 Å². The highest BCUT2D eigenvalue weighted by Crippen LogP contribution is 2.26. The Kier molecular flexibility index (Phi) is 2.19.